The van der Waals surface area contributed by atoms with E-state index in [9.17, 15) is 4.79 Å². The van der Waals surface area contributed by atoms with E-state index in [2.05, 4.69) is 15.4 Å². The van der Waals surface area contributed by atoms with Crippen LogP contribution in [0.1, 0.15) is 51.4 Å². The number of ether oxygens (including phenoxy) is 1. The summed E-state index contributed by atoms with van der Waals surface area (Å²) in [5.74, 6) is 0.122. The van der Waals surface area contributed by atoms with Crippen molar-refractivity contribution in [1.29, 1.82) is 0 Å². The lowest BCUT2D eigenvalue weighted by Gasteiger charge is -2.32. The van der Waals surface area contributed by atoms with Crippen LogP contribution in [0.2, 0.25) is 0 Å². The first-order chi connectivity index (χ1) is 10.3. The van der Waals surface area contributed by atoms with Gasteiger partial charge in [0.05, 0.1) is 18.2 Å². The van der Waals surface area contributed by atoms with E-state index in [4.69, 9.17) is 4.74 Å². The highest BCUT2D eigenvalue weighted by molar-refractivity contribution is 5.76. The smallest absolute Gasteiger partial charge is 0.220 e. The van der Waals surface area contributed by atoms with E-state index < -0.39 is 0 Å². The second-order valence-electron chi connectivity index (χ2n) is 6.29. The molecule has 0 bridgehead atoms. The zero-order valence-corrected chi connectivity index (χ0v) is 12.5. The van der Waals surface area contributed by atoms with Gasteiger partial charge < -0.3 is 10.1 Å². The summed E-state index contributed by atoms with van der Waals surface area (Å²) in [5.41, 5.74) is 0.0664. The maximum atomic E-state index is 12.0. The maximum absolute atomic E-state index is 12.0. The van der Waals surface area contributed by atoms with Crippen LogP contribution in [-0.2, 0) is 16.1 Å². The number of hydrogen-bond donors (Lipinski definition) is 1. The van der Waals surface area contributed by atoms with Gasteiger partial charge in [0.1, 0.15) is 12.7 Å². The number of carbonyl (C=O) groups excluding carboxylic acids is 1. The Hall–Kier alpha value is -1.43. The Labute approximate surface area is 125 Å². The Morgan fingerprint density at radius 3 is 3.00 bits per heavy atom. The van der Waals surface area contributed by atoms with Crippen LogP contribution < -0.4 is 5.32 Å². The number of aromatic nitrogens is 3. The molecule has 1 aliphatic heterocycles. The number of amides is 1. The quantitative estimate of drug-likeness (QED) is 0.896. The van der Waals surface area contributed by atoms with Crippen molar-refractivity contribution in [3.63, 3.8) is 0 Å². The summed E-state index contributed by atoms with van der Waals surface area (Å²) >= 11 is 0. The molecule has 2 fully saturated rings. The normalized spacial score (nSPS) is 24.3. The molecular weight excluding hydrogens is 268 g/mol. The fourth-order valence-corrected chi connectivity index (χ4v) is 3.53. The fourth-order valence-electron chi connectivity index (χ4n) is 3.53. The zero-order chi connectivity index (χ0) is 14.5. The summed E-state index contributed by atoms with van der Waals surface area (Å²) in [5, 5.41) is 7.15. The van der Waals surface area contributed by atoms with Gasteiger partial charge in [-0.15, -0.1) is 0 Å². The van der Waals surface area contributed by atoms with E-state index in [-0.39, 0.29) is 17.6 Å². The molecule has 116 valence electrons. The highest BCUT2D eigenvalue weighted by Crippen LogP contribution is 2.39. The summed E-state index contributed by atoms with van der Waals surface area (Å²) in [6, 6.07) is 0.196. The third kappa shape index (κ3) is 3.81. The van der Waals surface area contributed by atoms with Crippen molar-refractivity contribution in [2.45, 2.75) is 69.6 Å². The first-order valence-electron chi connectivity index (χ1n) is 8.02. The van der Waals surface area contributed by atoms with E-state index >= 15 is 0 Å². The average molecular weight is 292 g/mol. The van der Waals surface area contributed by atoms with Gasteiger partial charge in [-0.25, -0.2) is 4.98 Å². The summed E-state index contributed by atoms with van der Waals surface area (Å²) in [4.78, 5) is 15.9. The second kappa shape index (κ2) is 6.56. The Morgan fingerprint density at radius 2 is 2.24 bits per heavy atom. The number of nitrogens with zero attached hydrogens (tertiary/aromatic N) is 3. The summed E-state index contributed by atoms with van der Waals surface area (Å²) < 4.78 is 7.77. The van der Waals surface area contributed by atoms with Gasteiger partial charge >= 0.3 is 0 Å². The summed E-state index contributed by atoms with van der Waals surface area (Å²) in [6.07, 6.45) is 11.7. The van der Waals surface area contributed by atoms with Crippen molar-refractivity contribution in [1.82, 2.24) is 20.1 Å². The zero-order valence-electron chi connectivity index (χ0n) is 12.5. The van der Waals surface area contributed by atoms with E-state index in [1.54, 1.807) is 11.0 Å². The molecule has 6 nitrogen and oxygen atoms in total. The van der Waals surface area contributed by atoms with Crippen LogP contribution in [0, 0.1) is 0 Å². The van der Waals surface area contributed by atoms with Gasteiger partial charge in [-0.2, -0.15) is 5.10 Å². The number of nitrogens with one attached hydrogen (secondary N) is 1. The number of carbonyl (C=O) groups is 1. The number of rotatable bonds is 5. The van der Waals surface area contributed by atoms with E-state index in [0.29, 0.717) is 13.0 Å². The van der Waals surface area contributed by atoms with Crippen molar-refractivity contribution in [2.75, 3.05) is 6.61 Å². The minimum Gasteiger partial charge on any atom is -0.373 e. The molecule has 1 saturated heterocycles. The highest BCUT2D eigenvalue weighted by atomic mass is 16.5. The molecule has 1 aromatic heterocycles. The molecule has 1 spiro atoms. The Balaban J connectivity index is 1.37. The van der Waals surface area contributed by atoms with Crippen LogP contribution in [0.3, 0.4) is 0 Å². The van der Waals surface area contributed by atoms with Crippen LogP contribution in [0.5, 0.6) is 0 Å². The predicted molar refractivity (Wildman–Crippen MR) is 77.6 cm³/mol. The van der Waals surface area contributed by atoms with Gasteiger partial charge in [0.15, 0.2) is 0 Å². The number of aryl methyl sites for hydroxylation is 1. The fraction of sp³-hybridized carbons (Fsp3) is 0.800. The molecule has 0 radical (unpaired) electrons. The highest BCUT2D eigenvalue weighted by Gasteiger charge is 2.41. The first kappa shape index (κ1) is 14.5. The topological polar surface area (TPSA) is 69.0 Å². The largest absolute Gasteiger partial charge is 0.373 e. The second-order valence-corrected chi connectivity index (χ2v) is 6.29. The molecule has 0 aromatic carbocycles. The molecule has 1 aromatic rings. The summed E-state index contributed by atoms with van der Waals surface area (Å²) in [7, 11) is 0. The Kier molecular flexibility index (Phi) is 4.53. The molecule has 3 rings (SSSR count). The van der Waals surface area contributed by atoms with Gasteiger partial charge in [-0.05, 0) is 25.7 Å². The molecule has 1 amide bonds. The standard InChI is InChI=1S/C15H24N4O2/c20-14(5-4-8-19-12-16-11-17-19)18-13-9-15(21-10-13)6-2-1-3-7-15/h11-13H,1-10H2,(H,18,20)/t13-/m0/s1. The van der Waals surface area contributed by atoms with Gasteiger partial charge in [0, 0.05) is 13.0 Å². The van der Waals surface area contributed by atoms with Crippen molar-refractivity contribution >= 4 is 5.91 Å². The third-order valence-electron chi connectivity index (χ3n) is 4.60. The molecule has 1 N–H and O–H groups in total. The molecule has 21 heavy (non-hydrogen) atoms. The predicted octanol–water partition coefficient (Wildman–Crippen LogP) is 1.67. The summed E-state index contributed by atoms with van der Waals surface area (Å²) in [6.45, 7) is 1.41. The SMILES string of the molecule is O=C(CCCn1cncn1)N[C@@H]1COC2(CCCCC2)C1. The average Bonchev–Trinajstić information content (AvgIpc) is 3.11. The third-order valence-corrected chi connectivity index (χ3v) is 4.60. The van der Waals surface area contributed by atoms with E-state index in [0.717, 1.165) is 32.2 Å². The molecule has 2 heterocycles. The van der Waals surface area contributed by atoms with Crippen LogP contribution in [0.4, 0.5) is 0 Å². The van der Waals surface area contributed by atoms with Crippen molar-refractivity contribution in [3.8, 4) is 0 Å². The first-order valence-corrected chi connectivity index (χ1v) is 8.02. The molecule has 1 atom stereocenters. The lowest BCUT2D eigenvalue weighted by Crippen LogP contribution is -2.37. The van der Waals surface area contributed by atoms with Gasteiger partial charge in [0.2, 0.25) is 5.91 Å². The minimum atomic E-state index is 0.0664. The lowest BCUT2D eigenvalue weighted by molar-refractivity contribution is -0.121. The lowest BCUT2D eigenvalue weighted by atomic mass is 9.82. The molecule has 1 saturated carbocycles. The minimum absolute atomic E-state index is 0.0664. The number of hydrogen-bond acceptors (Lipinski definition) is 4. The Morgan fingerprint density at radius 1 is 1.38 bits per heavy atom. The van der Waals surface area contributed by atoms with Crippen LogP contribution in [0.25, 0.3) is 0 Å². The van der Waals surface area contributed by atoms with Gasteiger partial charge in [0.25, 0.3) is 0 Å². The van der Waals surface area contributed by atoms with Crippen LogP contribution in [0.15, 0.2) is 12.7 Å². The van der Waals surface area contributed by atoms with Crippen molar-refractivity contribution < 1.29 is 9.53 Å². The van der Waals surface area contributed by atoms with Crippen LogP contribution >= 0.6 is 0 Å². The molecule has 1 aliphatic carbocycles. The van der Waals surface area contributed by atoms with E-state index in [1.807, 2.05) is 0 Å². The van der Waals surface area contributed by atoms with Gasteiger partial charge in [-0.1, -0.05) is 19.3 Å². The molecule has 2 aliphatic rings. The van der Waals surface area contributed by atoms with Crippen LogP contribution in [-0.4, -0.2) is 38.9 Å². The molecular formula is C15H24N4O2. The van der Waals surface area contributed by atoms with E-state index in [1.165, 1.54) is 25.6 Å². The van der Waals surface area contributed by atoms with Gasteiger partial charge in [-0.3, -0.25) is 9.48 Å². The Bertz CT molecular complexity index is 454. The molecule has 0 unspecified atom stereocenters. The molecule has 6 heteroatoms. The van der Waals surface area contributed by atoms with Crippen molar-refractivity contribution in [2.24, 2.45) is 0 Å². The maximum Gasteiger partial charge on any atom is 0.220 e. The monoisotopic (exact) mass is 292 g/mol. The van der Waals surface area contributed by atoms with Crippen molar-refractivity contribution in [3.05, 3.63) is 12.7 Å².